The molecule has 4 heterocycles. The molecule has 0 amide bonds. The van der Waals surface area contributed by atoms with Crippen molar-refractivity contribution < 1.29 is 9.84 Å². The van der Waals surface area contributed by atoms with Gasteiger partial charge < -0.3 is 15.2 Å². The van der Waals surface area contributed by atoms with Crippen LogP contribution in [-0.4, -0.2) is 47.7 Å². The summed E-state index contributed by atoms with van der Waals surface area (Å²) >= 11 is 0. The highest BCUT2D eigenvalue weighted by atomic mass is 16.5. The first kappa shape index (κ1) is 19.3. The number of pyridine rings is 1. The first-order valence-electron chi connectivity index (χ1n) is 9.69. The summed E-state index contributed by atoms with van der Waals surface area (Å²) in [6.07, 6.45) is 6.92. The average Bonchev–Trinajstić information content (AvgIpc) is 3.14. The van der Waals surface area contributed by atoms with Gasteiger partial charge in [-0.25, -0.2) is 4.98 Å². The van der Waals surface area contributed by atoms with Crippen LogP contribution in [0.2, 0.25) is 0 Å². The Labute approximate surface area is 169 Å². The van der Waals surface area contributed by atoms with Crippen molar-refractivity contribution in [2.45, 2.75) is 57.7 Å². The zero-order valence-corrected chi connectivity index (χ0v) is 17.1. The predicted molar refractivity (Wildman–Crippen MR) is 109 cm³/mol. The molecular weight excluding hydrogens is 368 g/mol. The second-order valence-corrected chi connectivity index (χ2v) is 8.88. The van der Waals surface area contributed by atoms with Crippen molar-refractivity contribution in [3.63, 3.8) is 0 Å². The average molecular weight is 394 g/mol. The Morgan fingerprint density at radius 2 is 1.79 bits per heavy atom. The van der Waals surface area contributed by atoms with Gasteiger partial charge in [-0.05, 0) is 39.8 Å². The number of hydrogen-bond donors (Lipinski definition) is 3. The van der Waals surface area contributed by atoms with E-state index < -0.39 is 0 Å². The monoisotopic (exact) mass is 394 g/mol. The third-order valence-corrected chi connectivity index (χ3v) is 5.02. The van der Waals surface area contributed by atoms with Crippen molar-refractivity contribution in [1.82, 2.24) is 30.7 Å². The van der Waals surface area contributed by atoms with E-state index >= 15 is 0 Å². The molecule has 3 aromatic heterocycles. The van der Waals surface area contributed by atoms with Crippen LogP contribution in [0.5, 0.6) is 11.6 Å². The van der Waals surface area contributed by atoms with Crippen LogP contribution < -0.4 is 10.1 Å². The molecule has 8 nitrogen and oxygen atoms in total. The van der Waals surface area contributed by atoms with Gasteiger partial charge in [0.2, 0.25) is 5.88 Å². The van der Waals surface area contributed by atoms with Gasteiger partial charge in [0.05, 0.1) is 6.20 Å². The van der Waals surface area contributed by atoms with Gasteiger partial charge >= 0.3 is 0 Å². The van der Waals surface area contributed by atoms with E-state index in [0.29, 0.717) is 17.3 Å². The number of ether oxygens (including phenoxy) is 1. The van der Waals surface area contributed by atoms with Crippen LogP contribution in [0.1, 0.15) is 40.5 Å². The summed E-state index contributed by atoms with van der Waals surface area (Å²) in [6, 6.07) is 5.17. The van der Waals surface area contributed by atoms with Gasteiger partial charge in [-0.1, -0.05) is 0 Å². The quantitative estimate of drug-likeness (QED) is 0.623. The Balaban J connectivity index is 1.50. The van der Waals surface area contributed by atoms with Crippen molar-refractivity contribution >= 4 is 0 Å². The highest BCUT2D eigenvalue weighted by Crippen LogP contribution is 2.32. The van der Waals surface area contributed by atoms with E-state index in [1.165, 1.54) is 0 Å². The fraction of sp³-hybridized carbons (Fsp3) is 0.429. The molecule has 0 atom stereocenters. The number of aromatic nitrogens is 5. The first-order chi connectivity index (χ1) is 13.7. The highest BCUT2D eigenvalue weighted by Gasteiger charge is 2.38. The van der Waals surface area contributed by atoms with Gasteiger partial charge in [0.1, 0.15) is 23.2 Å². The lowest BCUT2D eigenvalue weighted by Crippen LogP contribution is -2.60. The highest BCUT2D eigenvalue weighted by molar-refractivity contribution is 5.69. The Hall–Kier alpha value is -3.00. The maximum absolute atomic E-state index is 10.4. The predicted octanol–water partition coefficient (Wildman–Crippen LogP) is 3.32. The van der Waals surface area contributed by atoms with Crippen molar-refractivity contribution in [1.29, 1.82) is 0 Å². The molecule has 152 valence electrons. The Morgan fingerprint density at radius 3 is 2.38 bits per heavy atom. The second-order valence-electron chi connectivity index (χ2n) is 8.88. The van der Waals surface area contributed by atoms with E-state index in [1.807, 2.05) is 0 Å². The number of rotatable bonds is 4. The molecule has 29 heavy (non-hydrogen) atoms. The normalized spacial score (nSPS) is 18.5. The molecule has 1 saturated heterocycles. The standard InChI is InChI=1S/C21H26N6O2/c1-20(2)8-15(9-21(3,4)27-20)29-18-6-5-16(25-26-18)19-17(28)7-13(10-22-19)14-11-23-24-12-14/h5-7,10-12,15,27-28H,8-9H2,1-4H3,(H,23,24). The molecular formula is C21H26N6O2. The summed E-state index contributed by atoms with van der Waals surface area (Å²) in [5, 5.41) is 29.1. The minimum absolute atomic E-state index is 0.00771. The third-order valence-electron chi connectivity index (χ3n) is 5.02. The topological polar surface area (TPSA) is 109 Å². The molecule has 0 aromatic carbocycles. The molecule has 4 rings (SSSR count). The van der Waals surface area contributed by atoms with Crippen LogP contribution in [0.3, 0.4) is 0 Å². The molecule has 8 heteroatoms. The number of nitrogens with one attached hydrogen (secondary N) is 2. The van der Waals surface area contributed by atoms with Crippen LogP contribution >= 0.6 is 0 Å². The van der Waals surface area contributed by atoms with E-state index in [-0.39, 0.29) is 22.9 Å². The van der Waals surface area contributed by atoms with E-state index in [4.69, 9.17) is 4.74 Å². The van der Waals surface area contributed by atoms with Gasteiger partial charge in [-0.3, -0.25) is 5.10 Å². The number of nitrogens with zero attached hydrogens (tertiary/aromatic N) is 4. The van der Waals surface area contributed by atoms with Crippen LogP contribution in [0, 0.1) is 0 Å². The van der Waals surface area contributed by atoms with Crippen LogP contribution in [0.25, 0.3) is 22.5 Å². The summed E-state index contributed by atoms with van der Waals surface area (Å²) in [6.45, 7) is 8.72. The van der Waals surface area contributed by atoms with E-state index in [1.54, 1.807) is 36.8 Å². The third kappa shape index (κ3) is 4.37. The summed E-state index contributed by atoms with van der Waals surface area (Å²) in [5.41, 5.74) is 2.46. The molecule has 1 fully saturated rings. The molecule has 1 aliphatic heterocycles. The van der Waals surface area contributed by atoms with Crippen LogP contribution in [0.4, 0.5) is 0 Å². The molecule has 0 unspecified atom stereocenters. The van der Waals surface area contributed by atoms with Gasteiger partial charge in [-0.15, -0.1) is 10.2 Å². The second kappa shape index (κ2) is 7.11. The van der Waals surface area contributed by atoms with E-state index in [2.05, 4.69) is 58.4 Å². The summed E-state index contributed by atoms with van der Waals surface area (Å²) < 4.78 is 6.11. The smallest absolute Gasteiger partial charge is 0.233 e. The number of H-pyrrole nitrogens is 1. The van der Waals surface area contributed by atoms with Gasteiger partial charge in [-0.2, -0.15) is 5.10 Å². The van der Waals surface area contributed by atoms with Crippen molar-refractivity contribution in [2.75, 3.05) is 0 Å². The summed E-state index contributed by atoms with van der Waals surface area (Å²) in [4.78, 5) is 4.34. The van der Waals surface area contributed by atoms with Crippen LogP contribution in [-0.2, 0) is 0 Å². The van der Waals surface area contributed by atoms with Crippen molar-refractivity contribution in [3.8, 4) is 34.1 Å². The number of hydrogen-bond acceptors (Lipinski definition) is 7. The Bertz CT molecular complexity index is 967. The van der Waals surface area contributed by atoms with Crippen molar-refractivity contribution in [3.05, 3.63) is 36.8 Å². The molecule has 1 aliphatic rings. The van der Waals surface area contributed by atoms with Crippen molar-refractivity contribution in [2.24, 2.45) is 0 Å². The fourth-order valence-electron chi connectivity index (χ4n) is 4.21. The SMILES string of the molecule is CC1(C)CC(Oc2ccc(-c3ncc(-c4cn[nH]c4)cc3O)nn2)CC(C)(C)N1. The molecule has 0 bridgehead atoms. The zero-order valence-electron chi connectivity index (χ0n) is 17.1. The summed E-state index contributed by atoms with van der Waals surface area (Å²) in [7, 11) is 0. The van der Waals surface area contributed by atoms with Gasteiger partial charge in [0, 0.05) is 53.5 Å². The largest absolute Gasteiger partial charge is 0.506 e. The lowest BCUT2D eigenvalue weighted by molar-refractivity contribution is 0.0524. The van der Waals surface area contributed by atoms with Gasteiger partial charge in [0.25, 0.3) is 0 Å². The Kier molecular flexibility index (Phi) is 4.74. The molecule has 3 N–H and O–H groups in total. The maximum Gasteiger partial charge on any atom is 0.233 e. The number of piperidine rings is 1. The zero-order chi connectivity index (χ0) is 20.6. The first-order valence-corrected chi connectivity index (χ1v) is 9.69. The lowest BCUT2D eigenvalue weighted by Gasteiger charge is -2.46. The molecule has 0 aliphatic carbocycles. The molecule has 3 aromatic rings. The van der Waals surface area contributed by atoms with E-state index in [0.717, 1.165) is 24.0 Å². The molecule has 0 saturated carbocycles. The maximum atomic E-state index is 10.4. The molecule has 0 spiro atoms. The Morgan fingerprint density at radius 1 is 1.03 bits per heavy atom. The van der Waals surface area contributed by atoms with E-state index in [9.17, 15) is 5.11 Å². The molecule has 0 radical (unpaired) electrons. The van der Waals surface area contributed by atoms with Gasteiger partial charge in [0.15, 0.2) is 0 Å². The number of aromatic hydroxyl groups is 1. The van der Waals surface area contributed by atoms with Crippen LogP contribution in [0.15, 0.2) is 36.8 Å². The fourth-order valence-corrected chi connectivity index (χ4v) is 4.21. The number of aromatic amines is 1. The minimum atomic E-state index is -0.00771. The lowest BCUT2D eigenvalue weighted by atomic mass is 9.81. The minimum Gasteiger partial charge on any atom is -0.506 e. The summed E-state index contributed by atoms with van der Waals surface area (Å²) in [5.74, 6) is 0.510.